The summed E-state index contributed by atoms with van der Waals surface area (Å²) < 4.78 is 9.90. The molecule has 13 heavy (non-hydrogen) atoms. The smallest absolute Gasteiger partial charge is 0.213 e. The highest BCUT2D eigenvalue weighted by atomic mass is 16.5. The van der Waals surface area contributed by atoms with Gasteiger partial charge in [0.15, 0.2) is 5.82 Å². The second-order valence-electron chi connectivity index (χ2n) is 3.26. The SMILES string of the molecule is NC(c1ncon1)C1CCOCC1. The first-order valence-corrected chi connectivity index (χ1v) is 4.47. The lowest BCUT2D eigenvalue weighted by Gasteiger charge is -2.25. The molecule has 1 aliphatic rings. The number of nitrogens with zero attached hydrogens (tertiary/aromatic N) is 2. The van der Waals surface area contributed by atoms with Gasteiger partial charge in [0, 0.05) is 13.2 Å². The molecule has 0 amide bonds. The largest absolute Gasteiger partial charge is 0.381 e. The van der Waals surface area contributed by atoms with Crippen LogP contribution in [0, 0.1) is 5.92 Å². The molecule has 0 spiro atoms. The molecule has 1 atom stereocenters. The molecule has 1 aromatic rings. The second kappa shape index (κ2) is 3.85. The molecule has 2 rings (SSSR count). The molecule has 0 bridgehead atoms. The Bertz CT molecular complexity index is 244. The van der Waals surface area contributed by atoms with Crippen molar-refractivity contribution in [1.82, 2.24) is 10.1 Å². The minimum absolute atomic E-state index is 0.109. The summed E-state index contributed by atoms with van der Waals surface area (Å²) in [5.74, 6) is 1.03. The minimum Gasteiger partial charge on any atom is -0.381 e. The van der Waals surface area contributed by atoms with E-state index >= 15 is 0 Å². The van der Waals surface area contributed by atoms with E-state index in [0.29, 0.717) is 11.7 Å². The maximum Gasteiger partial charge on any atom is 0.213 e. The highest BCUT2D eigenvalue weighted by molar-refractivity contribution is 4.92. The van der Waals surface area contributed by atoms with Crippen LogP contribution in [0.5, 0.6) is 0 Å². The summed E-state index contributed by atoms with van der Waals surface area (Å²) in [6.45, 7) is 1.58. The van der Waals surface area contributed by atoms with E-state index in [1.807, 2.05) is 0 Å². The van der Waals surface area contributed by atoms with Gasteiger partial charge < -0.3 is 15.0 Å². The molecular formula is C8H13N3O2. The molecule has 5 nitrogen and oxygen atoms in total. The first-order valence-electron chi connectivity index (χ1n) is 4.47. The molecule has 0 radical (unpaired) electrons. The van der Waals surface area contributed by atoms with Crippen molar-refractivity contribution in [1.29, 1.82) is 0 Å². The fourth-order valence-electron chi connectivity index (χ4n) is 1.61. The van der Waals surface area contributed by atoms with Crippen LogP contribution in [-0.2, 0) is 4.74 Å². The van der Waals surface area contributed by atoms with E-state index < -0.39 is 0 Å². The van der Waals surface area contributed by atoms with E-state index in [2.05, 4.69) is 14.7 Å². The Balaban J connectivity index is 1.99. The van der Waals surface area contributed by atoms with Crippen LogP contribution in [0.3, 0.4) is 0 Å². The average Bonchev–Trinajstić information content (AvgIpc) is 2.71. The first-order chi connectivity index (χ1) is 6.38. The maximum absolute atomic E-state index is 5.97. The van der Waals surface area contributed by atoms with E-state index in [0.717, 1.165) is 26.1 Å². The van der Waals surface area contributed by atoms with Crippen molar-refractivity contribution in [3.05, 3.63) is 12.2 Å². The third-order valence-corrected chi connectivity index (χ3v) is 2.45. The van der Waals surface area contributed by atoms with Gasteiger partial charge in [-0.1, -0.05) is 5.16 Å². The molecule has 5 heteroatoms. The van der Waals surface area contributed by atoms with Crippen LogP contribution >= 0.6 is 0 Å². The number of hydrogen-bond acceptors (Lipinski definition) is 5. The summed E-state index contributed by atoms with van der Waals surface area (Å²) in [5, 5.41) is 3.74. The predicted octanol–water partition coefficient (Wildman–Crippen LogP) is 0.496. The molecule has 1 aromatic heterocycles. The number of rotatable bonds is 2. The second-order valence-corrected chi connectivity index (χ2v) is 3.26. The lowest BCUT2D eigenvalue weighted by atomic mass is 9.92. The molecule has 1 aliphatic heterocycles. The lowest BCUT2D eigenvalue weighted by Crippen LogP contribution is -2.28. The van der Waals surface area contributed by atoms with Gasteiger partial charge in [0.05, 0.1) is 6.04 Å². The van der Waals surface area contributed by atoms with Crippen LogP contribution in [-0.4, -0.2) is 23.4 Å². The summed E-state index contributed by atoms with van der Waals surface area (Å²) in [5.41, 5.74) is 5.97. The van der Waals surface area contributed by atoms with Crippen molar-refractivity contribution in [2.75, 3.05) is 13.2 Å². The van der Waals surface area contributed by atoms with Gasteiger partial charge in [0.2, 0.25) is 6.39 Å². The first kappa shape index (κ1) is 8.65. The molecule has 1 fully saturated rings. The van der Waals surface area contributed by atoms with Crippen molar-refractivity contribution in [3.63, 3.8) is 0 Å². The Labute approximate surface area is 76.3 Å². The Morgan fingerprint density at radius 3 is 2.85 bits per heavy atom. The summed E-state index contributed by atoms with van der Waals surface area (Å²) in [7, 11) is 0. The highest BCUT2D eigenvalue weighted by Crippen LogP contribution is 2.25. The molecule has 1 saturated heterocycles. The minimum atomic E-state index is -0.109. The Morgan fingerprint density at radius 2 is 2.23 bits per heavy atom. The molecule has 72 valence electrons. The normalized spacial score (nSPS) is 21.6. The Hall–Kier alpha value is -0.940. The van der Waals surface area contributed by atoms with Crippen molar-refractivity contribution in [2.24, 2.45) is 11.7 Å². The quantitative estimate of drug-likeness (QED) is 0.722. The summed E-state index contributed by atoms with van der Waals surface area (Å²) in [6.07, 6.45) is 3.28. The van der Waals surface area contributed by atoms with Crippen LogP contribution in [0.25, 0.3) is 0 Å². The van der Waals surface area contributed by atoms with Crippen LogP contribution in [0.4, 0.5) is 0 Å². The maximum atomic E-state index is 5.97. The summed E-state index contributed by atoms with van der Waals surface area (Å²) in [6, 6.07) is -0.109. The van der Waals surface area contributed by atoms with Gasteiger partial charge in [-0.25, -0.2) is 0 Å². The Morgan fingerprint density at radius 1 is 1.46 bits per heavy atom. The molecule has 2 heterocycles. The molecular weight excluding hydrogens is 170 g/mol. The molecule has 0 aliphatic carbocycles. The Kier molecular flexibility index (Phi) is 2.56. The van der Waals surface area contributed by atoms with Crippen molar-refractivity contribution < 1.29 is 9.26 Å². The standard InChI is InChI=1S/C8H13N3O2/c9-7(8-10-5-13-11-8)6-1-3-12-4-2-6/h5-7H,1-4,9H2. The van der Waals surface area contributed by atoms with Gasteiger partial charge in [-0.05, 0) is 18.8 Å². The lowest BCUT2D eigenvalue weighted by molar-refractivity contribution is 0.0572. The fraction of sp³-hybridized carbons (Fsp3) is 0.750. The van der Waals surface area contributed by atoms with Crippen LogP contribution < -0.4 is 5.73 Å². The number of aromatic nitrogens is 2. The van der Waals surface area contributed by atoms with Gasteiger partial charge in [0.25, 0.3) is 0 Å². The predicted molar refractivity (Wildman–Crippen MR) is 44.8 cm³/mol. The average molecular weight is 183 g/mol. The molecule has 0 saturated carbocycles. The number of ether oxygens (including phenoxy) is 1. The third kappa shape index (κ3) is 1.87. The molecule has 1 unspecified atom stereocenters. The zero-order chi connectivity index (χ0) is 9.10. The van der Waals surface area contributed by atoms with E-state index in [1.54, 1.807) is 0 Å². The zero-order valence-electron chi connectivity index (χ0n) is 7.35. The van der Waals surface area contributed by atoms with Crippen LogP contribution in [0.1, 0.15) is 24.7 Å². The van der Waals surface area contributed by atoms with E-state index in [-0.39, 0.29) is 6.04 Å². The van der Waals surface area contributed by atoms with E-state index in [9.17, 15) is 0 Å². The van der Waals surface area contributed by atoms with Crippen LogP contribution in [0.2, 0.25) is 0 Å². The van der Waals surface area contributed by atoms with Gasteiger partial charge in [-0.2, -0.15) is 4.98 Å². The monoisotopic (exact) mass is 183 g/mol. The molecule has 0 aromatic carbocycles. The number of nitrogens with two attached hydrogens (primary N) is 1. The number of hydrogen-bond donors (Lipinski definition) is 1. The van der Waals surface area contributed by atoms with Crippen molar-refractivity contribution in [2.45, 2.75) is 18.9 Å². The van der Waals surface area contributed by atoms with Crippen LogP contribution in [0.15, 0.2) is 10.9 Å². The molecule has 2 N–H and O–H groups in total. The van der Waals surface area contributed by atoms with Gasteiger partial charge >= 0.3 is 0 Å². The van der Waals surface area contributed by atoms with Crippen molar-refractivity contribution >= 4 is 0 Å². The topological polar surface area (TPSA) is 74.2 Å². The fourth-order valence-corrected chi connectivity index (χ4v) is 1.61. The van der Waals surface area contributed by atoms with Crippen molar-refractivity contribution in [3.8, 4) is 0 Å². The van der Waals surface area contributed by atoms with Gasteiger partial charge in [-0.3, -0.25) is 0 Å². The third-order valence-electron chi connectivity index (χ3n) is 2.45. The van der Waals surface area contributed by atoms with E-state index in [1.165, 1.54) is 6.39 Å². The summed E-state index contributed by atoms with van der Waals surface area (Å²) in [4.78, 5) is 3.95. The zero-order valence-corrected chi connectivity index (χ0v) is 7.35. The van der Waals surface area contributed by atoms with Gasteiger partial charge in [-0.15, -0.1) is 0 Å². The summed E-state index contributed by atoms with van der Waals surface area (Å²) >= 11 is 0. The van der Waals surface area contributed by atoms with E-state index in [4.69, 9.17) is 10.5 Å². The van der Waals surface area contributed by atoms with Gasteiger partial charge in [0.1, 0.15) is 0 Å². The highest BCUT2D eigenvalue weighted by Gasteiger charge is 2.24.